The first-order chi connectivity index (χ1) is 10.0. The Morgan fingerprint density at radius 3 is 2.95 bits per heavy atom. The quantitative estimate of drug-likeness (QED) is 0.912. The molecule has 0 aliphatic heterocycles. The molecular formula is C14H18ClN5O. The molecule has 0 saturated heterocycles. The summed E-state index contributed by atoms with van der Waals surface area (Å²) in [4.78, 5) is 14.0. The van der Waals surface area contributed by atoms with Crippen molar-refractivity contribution in [1.82, 2.24) is 19.9 Å². The van der Waals surface area contributed by atoms with Gasteiger partial charge in [-0.1, -0.05) is 28.9 Å². The van der Waals surface area contributed by atoms with Gasteiger partial charge in [-0.05, 0) is 24.6 Å². The van der Waals surface area contributed by atoms with E-state index in [-0.39, 0.29) is 11.9 Å². The molecule has 2 N–H and O–H groups in total. The molecule has 0 radical (unpaired) electrons. The number of hydrogen-bond donors (Lipinski definition) is 1. The molecule has 0 fully saturated rings. The highest BCUT2D eigenvalue weighted by molar-refractivity contribution is 6.30. The van der Waals surface area contributed by atoms with E-state index in [1.165, 1.54) is 0 Å². The maximum absolute atomic E-state index is 12.4. The molecular weight excluding hydrogens is 290 g/mol. The van der Waals surface area contributed by atoms with Crippen LogP contribution in [-0.2, 0) is 6.54 Å². The number of nitrogens with two attached hydrogens (primary N) is 1. The molecule has 1 heterocycles. The monoisotopic (exact) mass is 307 g/mol. The Kier molecular flexibility index (Phi) is 4.93. The van der Waals surface area contributed by atoms with Crippen LogP contribution in [0.3, 0.4) is 0 Å². The van der Waals surface area contributed by atoms with Gasteiger partial charge in [-0.15, -0.1) is 5.10 Å². The van der Waals surface area contributed by atoms with Crippen LogP contribution in [-0.4, -0.2) is 39.4 Å². The summed E-state index contributed by atoms with van der Waals surface area (Å²) >= 11 is 5.99. The molecule has 1 aromatic carbocycles. The van der Waals surface area contributed by atoms with Crippen molar-refractivity contribution in [2.24, 2.45) is 5.73 Å². The first kappa shape index (κ1) is 15.5. The van der Waals surface area contributed by atoms with Crippen LogP contribution in [0.4, 0.5) is 0 Å². The van der Waals surface area contributed by atoms with E-state index in [1.807, 2.05) is 25.1 Å². The first-order valence-corrected chi connectivity index (χ1v) is 7.03. The molecule has 6 nitrogen and oxygen atoms in total. The molecule has 2 rings (SSSR count). The summed E-state index contributed by atoms with van der Waals surface area (Å²) in [6, 6.07) is 7.34. The third kappa shape index (κ3) is 3.59. The van der Waals surface area contributed by atoms with Gasteiger partial charge in [0.05, 0.1) is 18.8 Å². The molecule has 0 spiro atoms. The highest BCUT2D eigenvalue weighted by Crippen LogP contribution is 2.22. The lowest BCUT2D eigenvalue weighted by Gasteiger charge is -2.24. The maximum Gasteiger partial charge on any atom is 0.276 e. The molecule has 2 aromatic rings. The standard InChI is InChI=1S/C14H18ClN5O/c1-10(11-4-3-5-12(15)8-11)19(2)14(21)13-9-20(7-6-16)18-17-13/h3-5,8-10H,6-7,16H2,1-2H3. The molecule has 1 aromatic heterocycles. The number of amides is 1. The molecule has 0 bridgehead atoms. The number of aromatic nitrogens is 3. The largest absolute Gasteiger partial charge is 0.334 e. The van der Waals surface area contributed by atoms with Crippen LogP contribution in [0.5, 0.6) is 0 Å². The van der Waals surface area contributed by atoms with Crippen molar-refractivity contribution in [2.75, 3.05) is 13.6 Å². The zero-order valence-corrected chi connectivity index (χ0v) is 12.8. The van der Waals surface area contributed by atoms with Crippen LogP contribution in [0.1, 0.15) is 29.0 Å². The van der Waals surface area contributed by atoms with Crippen molar-refractivity contribution >= 4 is 17.5 Å². The molecule has 1 amide bonds. The highest BCUT2D eigenvalue weighted by Gasteiger charge is 2.21. The highest BCUT2D eigenvalue weighted by atomic mass is 35.5. The van der Waals surface area contributed by atoms with Crippen LogP contribution < -0.4 is 5.73 Å². The average Bonchev–Trinajstić information content (AvgIpc) is 2.94. The predicted octanol–water partition coefficient (Wildman–Crippen LogP) is 1.72. The number of carbonyl (C=O) groups excluding carboxylic acids is 1. The van der Waals surface area contributed by atoms with E-state index in [0.717, 1.165) is 5.56 Å². The van der Waals surface area contributed by atoms with E-state index in [0.29, 0.717) is 23.8 Å². The Morgan fingerprint density at radius 1 is 1.52 bits per heavy atom. The van der Waals surface area contributed by atoms with Crippen molar-refractivity contribution in [2.45, 2.75) is 19.5 Å². The third-order valence-corrected chi connectivity index (χ3v) is 3.58. The van der Waals surface area contributed by atoms with Gasteiger partial charge in [0.2, 0.25) is 0 Å². The number of hydrogen-bond acceptors (Lipinski definition) is 4. The molecule has 1 atom stereocenters. The number of nitrogens with zero attached hydrogens (tertiary/aromatic N) is 4. The molecule has 112 valence electrons. The Balaban J connectivity index is 2.14. The summed E-state index contributed by atoms with van der Waals surface area (Å²) in [5.41, 5.74) is 6.72. The van der Waals surface area contributed by atoms with Gasteiger partial charge in [0.1, 0.15) is 0 Å². The van der Waals surface area contributed by atoms with Gasteiger partial charge in [-0.3, -0.25) is 9.48 Å². The lowest BCUT2D eigenvalue weighted by molar-refractivity contribution is 0.0736. The Bertz CT molecular complexity index is 627. The Hall–Kier alpha value is -1.92. The summed E-state index contributed by atoms with van der Waals surface area (Å²) in [7, 11) is 1.73. The lowest BCUT2D eigenvalue weighted by Crippen LogP contribution is -2.30. The van der Waals surface area contributed by atoms with E-state index in [1.54, 1.807) is 28.9 Å². The van der Waals surface area contributed by atoms with E-state index in [9.17, 15) is 4.79 Å². The third-order valence-electron chi connectivity index (χ3n) is 3.35. The fourth-order valence-electron chi connectivity index (χ4n) is 1.98. The minimum Gasteiger partial charge on any atom is -0.334 e. The summed E-state index contributed by atoms with van der Waals surface area (Å²) in [5.74, 6) is -0.189. The summed E-state index contributed by atoms with van der Waals surface area (Å²) in [6.45, 7) is 2.92. The van der Waals surface area contributed by atoms with Gasteiger partial charge < -0.3 is 10.6 Å². The number of benzene rings is 1. The topological polar surface area (TPSA) is 77.0 Å². The van der Waals surface area contributed by atoms with Gasteiger partial charge in [-0.2, -0.15) is 0 Å². The van der Waals surface area contributed by atoms with Crippen molar-refractivity contribution in [3.8, 4) is 0 Å². The average molecular weight is 308 g/mol. The Morgan fingerprint density at radius 2 is 2.29 bits per heavy atom. The minimum atomic E-state index is -0.189. The van der Waals surface area contributed by atoms with Gasteiger partial charge in [0.15, 0.2) is 5.69 Å². The second kappa shape index (κ2) is 6.69. The predicted molar refractivity (Wildman–Crippen MR) is 81.0 cm³/mol. The summed E-state index contributed by atoms with van der Waals surface area (Å²) in [6.07, 6.45) is 1.61. The lowest BCUT2D eigenvalue weighted by atomic mass is 10.1. The molecule has 0 aliphatic rings. The molecule has 0 aliphatic carbocycles. The van der Waals surface area contributed by atoms with Crippen LogP contribution in [0.15, 0.2) is 30.5 Å². The molecule has 21 heavy (non-hydrogen) atoms. The minimum absolute atomic E-state index is 0.115. The van der Waals surface area contributed by atoms with Crippen molar-refractivity contribution in [3.05, 3.63) is 46.7 Å². The van der Waals surface area contributed by atoms with Gasteiger partial charge in [0, 0.05) is 18.6 Å². The second-order valence-corrected chi connectivity index (χ2v) is 5.24. The van der Waals surface area contributed by atoms with E-state index >= 15 is 0 Å². The van der Waals surface area contributed by atoms with Crippen molar-refractivity contribution < 1.29 is 4.79 Å². The Labute approximate surface area is 128 Å². The van der Waals surface area contributed by atoms with Crippen LogP contribution in [0.2, 0.25) is 5.02 Å². The number of carbonyl (C=O) groups is 1. The van der Waals surface area contributed by atoms with E-state index < -0.39 is 0 Å². The smallest absolute Gasteiger partial charge is 0.276 e. The SMILES string of the molecule is CC(c1cccc(Cl)c1)N(C)C(=O)c1cn(CCN)nn1. The van der Waals surface area contributed by atoms with Crippen molar-refractivity contribution in [3.63, 3.8) is 0 Å². The van der Waals surface area contributed by atoms with Crippen LogP contribution >= 0.6 is 11.6 Å². The van der Waals surface area contributed by atoms with Gasteiger partial charge in [-0.25, -0.2) is 0 Å². The zero-order valence-electron chi connectivity index (χ0n) is 12.0. The van der Waals surface area contributed by atoms with Crippen LogP contribution in [0.25, 0.3) is 0 Å². The summed E-state index contributed by atoms with van der Waals surface area (Å²) in [5, 5.41) is 8.41. The van der Waals surface area contributed by atoms with Crippen LogP contribution in [0, 0.1) is 0 Å². The number of rotatable bonds is 5. The fraction of sp³-hybridized carbons (Fsp3) is 0.357. The van der Waals surface area contributed by atoms with Gasteiger partial charge in [0.25, 0.3) is 5.91 Å². The molecule has 1 unspecified atom stereocenters. The zero-order chi connectivity index (χ0) is 15.4. The van der Waals surface area contributed by atoms with E-state index in [4.69, 9.17) is 17.3 Å². The summed E-state index contributed by atoms with van der Waals surface area (Å²) < 4.78 is 1.56. The first-order valence-electron chi connectivity index (χ1n) is 6.65. The number of halogens is 1. The molecule has 7 heteroatoms. The normalized spacial score (nSPS) is 12.2. The second-order valence-electron chi connectivity index (χ2n) is 4.80. The fourth-order valence-corrected chi connectivity index (χ4v) is 2.18. The maximum atomic E-state index is 12.4. The van der Waals surface area contributed by atoms with E-state index in [2.05, 4.69) is 10.3 Å². The van der Waals surface area contributed by atoms with Gasteiger partial charge >= 0.3 is 0 Å². The van der Waals surface area contributed by atoms with Crippen molar-refractivity contribution in [1.29, 1.82) is 0 Å². The molecule has 0 saturated carbocycles.